The third-order valence-corrected chi connectivity index (χ3v) is 6.12. The van der Waals surface area contributed by atoms with Crippen LogP contribution >= 0.6 is 22.9 Å². The molecule has 1 aromatic rings. The first-order valence-corrected chi connectivity index (χ1v) is 8.60. The van der Waals surface area contributed by atoms with Crippen LogP contribution in [0.3, 0.4) is 0 Å². The molecule has 0 spiro atoms. The Hall–Kier alpha value is -0.0900. The number of thiophene rings is 1. The van der Waals surface area contributed by atoms with Crippen LogP contribution in [0.15, 0.2) is 11.4 Å². The second kappa shape index (κ2) is 6.57. The highest BCUT2D eigenvalue weighted by atomic mass is 35.5. The number of likely N-dealkylation sites (tertiary alicyclic amines) is 1. The fourth-order valence-corrected chi connectivity index (χ4v) is 4.99. The highest BCUT2D eigenvalue weighted by molar-refractivity contribution is 7.10. The molecule has 0 saturated carbocycles. The summed E-state index contributed by atoms with van der Waals surface area (Å²) in [6, 6.07) is 2.35. The van der Waals surface area contributed by atoms with E-state index in [0.29, 0.717) is 6.04 Å². The molecule has 1 aliphatic rings. The molecule has 1 fully saturated rings. The van der Waals surface area contributed by atoms with Gasteiger partial charge in [0.25, 0.3) is 0 Å². The summed E-state index contributed by atoms with van der Waals surface area (Å²) < 4.78 is 0. The first kappa shape index (κ1) is 15.3. The van der Waals surface area contributed by atoms with Crippen LogP contribution in [-0.4, -0.2) is 30.6 Å². The van der Waals surface area contributed by atoms with Crippen molar-refractivity contribution in [3.63, 3.8) is 0 Å². The maximum absolute atomic E-state index is 6.39. The summed E-state index contributed by atoms with van der Waals surface area (Å²) in [6.07, 6.45) is 4.97. The van der Waals surface area contributed by atoms with Crippen LogP contribution in [0.25, 0.3) is 0 Å². The van der Waals surface area contributed by atoms with Crippen LogP contribution < -0.4 is 5.32 Å². The lowest BCUT2D eigenvalue weighted by atomic mass is 9.82. The Bertz CT molecular complexity index is 395. The molecule has 19 heavy (non-hydrogen) atoms. The van der Waals surface area contributed by atoms with Gasteiger partial charge < -0.3 is 5.32 Å². The zero-order valence-corrected chi connectivity index (χ0v) is 13.8. The molecule has 1 N–H and O–H groups in total. The normalized spacial score (nSPS) is 18.9. The third-order valence-electron chi connectivity index (χ3n) is 4.69. The smallest absolute Gasteiger partial charge is 0.0614 e. The molecular formula is C15H25ClN2S. The van der Waals surface area contributed by atoms with Crippen molar-refractivity contribution in [2.75, 3.05) is 20.1 Å². The van der Waals surface area contributed by atoms with Crippen LogP contribution in [-0.2, 0) is 0 Å². The van der Waals surface area contributed by atoms with Crippen LogP contribution in [0.2, 0.25) is 5.02 Å². The van der Waals surface area contributed by atoms with E-state index < -0.39 is 0 Å². The molecule has 1 atom stereocenters. The maximum Gasteiger partial charge on any atom is 0.0614 e. The van der Waals surface area contributed by atoms with E-state index in [2.05, 4.69) is 36.5 Å². The minimum absolute atomic E-state index is 0.194. The van der Waals surface area contributed by atoms with Crippen LogP contribution in [0.5, 0.6) is 0 Å². The minimum atomic E-state index is 0.194. The Balaban J connectivity index is 2.37. The molecule has 0 amide bonds. The van der Waals surface area contributed by atoms with Crippen molar-refractivity contribution in [2.45, 2.75) is 51.1 Å². The van der Waals surface area contributed by atoms with E-state index in [-0.39, 0.29) is 5.54 Å². The lowest BCUT2D eigenvalue weighted by Crippen LogP contribution is -2.54. The zero-order valence-electron chi connectivity index (χ0n) is 12.2. The molecule has 108 valence electrons. The van der Waals surface area contributed by atoms with Gasteiger partial charge in [-0.05, 0) is 57.3 Å². The number of nitrogens with one attached hydrogen (secondary N) is 1. The summed E-state index contributed by atoms with van der Waals surface area (Å²) in [5, 5.41) is 6.56. The van der Waals surface area contributed by atoms with E-state index in [1.165, 1.54) is 30.8 Å². The Labute approximate surface area is 126 Å². The SMILES string of the molecule is CCC(CC)(C(NC)c1sccc1Cl)N1CCCC1. The van der Waals surface area contributed by atoms with E-state index in [1.54, 1.807) is 11.3 Å². The topological polar surface area (TPSA) is 15.3 Å². The molecule has 2 nitrogen and oxygen atoms in total. The molecule has 4 heteroatoms. The van der Waals surface area contributed by atoms with E-state index in [0.717, 1.165) is 17.9 Å². The highest BCUT2D eigenvalue weighted by Gasteiger charge is 2.43. The fraction of sp³-hybridized carbons (Fsp3) is 0.733. The van der Waals surface area contributed by atoms with Crippen LogP contribution in [0.1, 0.15) is 50.4 Å². The van der Waals surface area contributed by atoms with Crippen LogP contribution in [0, 0.1) is 0 Å². The van der Waals surface area contributed by atoms with E-state index in [1.807, 2.05) is 6.07 Å². The number of nitrogens with zero attached hydrogens (tertiary/aromatic N) is 1. The number of rotatable bonds is 6. The van der Waals surface area contributed by atoms with E-state index in [9.17, 15) is 0 Å². The molecule has 0 aliphatic carbocycles. The van der Waals surface area contributed by atoms with E-state index >= 15 is 0 Å². The number of halogens is 1. The Kier molecular flexibility index (Phi) is 5.29. The predicted molar refractivity (Wildman–Crippen MR) is 85.2 cm³/mol. The van der Waals surface area contributed by atoms with Gasteiger partial charge in [0.05, 0.1) is 11.1 Å². The molecule has 1 unspecified atom stereocenters. The zero-order chi connectivity index (χ0) is 13.9. The lowest BCUT2D eigenvalue weighted by Gasteiger charge is -2.46. The summed E-state index contributed by atoms with van der Waals surface area (Å²) in [4.78, 5) is 3.98. The van der Waals surface area contributed by atoms with Crippen molar-refractivity contribution in [1.82, 2.24) is 10.2 Å². The minimum Gasteiger partial charge on any atom is -0.311 e. The quantitative estimate of drug-likeness (QED) is 0.842. The first-order chi connectivity index (χ1) is 9.19. The van der Waals surface area contributed by atoms with Crippen molar-refractivity contribution >= 4 is 22.9 Å². The number of likely N-dealkylation sites (N-methyl/N-ethyl adjacent to an activating group) is 1. The summed E-state index contributed by atoms with van der Waals surface area (Å²) >= 11 is 8.17. The molecule has 0 aromatic carbocycles. The molecule has 0 radical (unpaired) electrons. The highest BCUT2D eigenvalue weighted by Crippen LogP contribution is 2.43. The van der Waals surface area contributed by atoms with E-state index in [4.69, 9.17) is 11.6 Å². The molecular weight excluding hydrogens is 276 g/mol. The maximum atomic E-state index is 6.39. The van der Waals surface area contributed by atoms with Crippen molar-refractivity contribution in [1.29, 1.82) is 0 Å². The van der Waals surface area contributed by atoms with Gasteiger partial charge in [-0.25, -0.2) is 0 Å². The second-order valence-electron chi connectivity index (χ2n) is 5.36. The molecule has 1 aromatic heterocycles. The van der Waals surface area contributed by atoms with Gasteiger partial charge >= 0.3 is 0 Å². The first-order valence-electron chi connectivity index (χ1n) is 7.34. The third kappa shape index (κ3) is 2.71. The van der Waals surface area contributed by atoms with Crippen molar-refractivity contribution in [2.24, 2.45) is 0 Å². The molecule has 0 bridgehead atoms. The average Bonchev–Trinajstić information content (AvgIpc) is 3.08. The van der Waals surface area contributed by atoms with Gasteiger partial charge in [0, 0.05) is 10.4 Å². The standard InChI is InChI=1S/C15H25ClN2S/c1-4-15(5-2,18-9-6-7-10-18)14(17-3)13-12(16)8-11-19-13/h8,11,14,17H,4-7,9-10H2,1-3H3. The van der Waals surface area contributed by atoms with Gasteiger partial charge in [-0.2, -0.15) is 0 Å². The van der Waals surface area contributed by atoms with Crippen molar-refractivity contribution in [3.05, 3.63) is 21.3 Å². The molecule has 1 saturated heterocycles. The monoisotopic (exact) mass is 300 g/mol. The van der Waals surface area contributed by atoms with Crippen molar-refractivity contribution in [3.8, 4) is 0 Å². The van der Waals surface area contributed by atoms with Crippen molar-refractivity contribution < 1.29 is 0 Å². The average molecular weight is 301 g/mol. The Morgan fingerprint density at radius 1 is 1.37 bits per heavy atom. The van der Waals surface area contributed by atoms with Crippen LogP contribution in [0.4, 0.5) is 0 Å². The Morgan fingerprint density at radius 2 is 2.00 bits per heavy atom. The predicted octanol–water partition coefficient (Wildman–Crippen LogP) is 4.32. The van der Waals surface area contributed by atoms with Gasteiger partial charge in [-0.3, -0.25) is 4.90 Å². The summed E-state index contributed by atoms with van der Waals surface area (Å²) in [5.74, 6) is 0. The number of hydrogen-bond acceptors (Lipinski definition) is 3. The van der Waals surface area contributed by atoms with Gasteiger partial charge in [0.15, 0.2) is 0 Å². The molecule has 1 aliphatic heterocycles. The lowest BCUT2D eigenvalue weighted by molar-refractivity contribution is 0.0660. The van der Waals surface area contributed by atoms with Gasteiger partial charge in [-0.1, -0.05) is 25.4 Å². The second-order valence-corrected chi connectivity index (χ2v) is 6.71. The van der Waals surface area contributed by atoms with Gasteiger partial charge in [0.2, 0.25) is 0 Å². The number of hydrogen-bond donors (Lipinski definition) is 1. The molecule has 2 heterocycles. The summed E-state index contributed by atoms with van der Waals surface area (Å²) in [7, 11) is 2.07. The fourth-order valence-electron chi connectivity index (χ4n) is 3.61. The largest absolute Gasteiger partial charge is 0.311 e. The summed E-state index contributed by atoms with van der Waals surface area (Å²) in [5.41, 5.74) is 0.194. The molecule has 2 rings (SSSR count). The Morgan fingerprint density at radius 3 is 2.42 bits per heavy atom. The van der Waals surface area contributed by atoms with Gasteiger partial charge in [-0.15, -0.1) is 11.3 Å². The summed E-state index contributed by atoms with van der Waals surface area (Å²) in [6.45, 7) is 7.08. The van der Waals surface area contributed by atoms with Gasteiger partial charge in [0.1, 0.15) is 0 Å².